The Morgan fingerprint density at radius 1 is 1.57 bits per heavy atom. The molecule has 23 heavy (non-hydrogen) atoms. The molecule has 9 heteroatoms. The molecule has 0 saturated heterocycles. The zero-order chi connectivity index (χ0) is 16.7. The average molecular weight is 356 g/mol. The van der Waals surface area contributed by atoms with Gasteiger partial charge in [-0.1, -0.05) is 11.8 Å². The Morgan fingerprint density at radius 2 is 2.39 bits per heavy atom. The Morgan fingerprint density at radius 3 is 3.09 bits per heavy atom. The van der Waals surface area contributed by atoms with Gasteiger partial charge in [0.1, 0.15) is 0 Å². The second kappa shape index (κ2) is 8.90. The zero-order valence-corrected chi connectivity index (χ0v) is 14.8. The van der Waals surface area contributed by atoms with Gasteiger partial charge in [-0.15, -0.1) is 16.4 Å². The molecule has 2 aromatic rings. The summed E-state index contributed by atoms with van der Waals surface area (Å²) in [5.41, 5.74) is 0.917. The summed E-state index contributed by atoms with van der Waals surface area (Å²) in [5, 5.41) is 11.8. The molecule has 0 saturated carbocycles. The number of nitrogens with one attached hydrogen (secondary N) is 2. The second-order valence-corrected chi connectivity index (χ2v) is 6.84. The van der Waals surface area contributed by atoms with Crippen molar-refractivity contribution in [3.05, 3.63) is 32.4 Å². The summed E-state index contributed by atoms with van der Waals surface area (Å²) in [6.45, 7) is 3.64. The number of H-pyrrole nitrogens is 1. The molecule has 7 nitrogen and oxygen atoms in total. The molecule has 0 aliphatic heterocycles. The number of carbonyl (C=O) groups excluding carboxylic acids is 1. The van der Waals surface area contributed by atoms with Crippen LogP contribution in [0.1, 0.15) is 16.9 Å². The molecular formula is C14H20N4O3S2. The van der Waals surface area contributed by atoms with Gasteiger partial charge in [-0.05, 0) is 30.4 Å². The lowest BCUT2D eigenvalue weighted by Gasteiger charge is -2.06. The first-order chi connectivity index (χ1) is 11.1. The fraction of sp³-hybridized carbons (Fsp3) is 0.500. The van der Waals surface area contributed by atoms with Crippen molar-refractivity contribution in [2.75, 3.05) is 19.5 Å². The largest absolute Gasteiger partial charge is 0.385 e. The van der Waals surface area contributed by atoms with Crippen molar-refractivity contribution >= 4 is 29.0 Å². The summed E-state index contributed by atoms with van der Waals surface area (Å²) in [4.78, 5) is 24.8. The van der Waals surface area contributed by atoms with Crippen LogP contribution in [0.4, 0.5) is 0 Å². The van der Waals surface area contributed by atoms with E-state index in [-0.39, 0.29) is 17.3 Å². The van der Waals surface area contributed by atoms with Crippen LogP contribution in [-0.4, -0.2) is 40.1 Å². The minimum atomic E-state index is -0.266. The summed E-state index contributed by atoms with van der Waals surface area (Å²) >= 11 is 2.87. The van der Waals surface area contributed by atoms with E-state index in [1.807, 2.05) is 18.4 Å². The minimum absolute atomic E-state index is 0.0818. The number of aromatic nitrogens is 3. The molecule has 0 radical (unpaired) electrons. The van der Waals surface area contributed by atoms with Gasteiger partial charge in [0, 0.05) is 25.1 Å². The Balaban J connectivity index is 1.82. The number of nitrogens with zero attached hydrogens (tertiary/aromatic N) is 2. The first-order valence-corrected chi connectivity index (χ1v) is 9.05. The molecule has 1 amide bonds. The maximum Gasteiger partial charge on any atom is 0.343 e. The number of thiophene rings is 1. The van der Waals surface area contributed by atoms with E-state index in [2.05, 4.69) is 15.5 Å². The van der Waals surface area contributed by atoms with E-state index in [0.29, 0.717) is 31.3 Å². The van der Waals surface area contributed by atoms with Crippen molar-refractivity contribution in [2.45, 2.75) is 31.6 Å². The molecule has 0 bridgehead atoms. The predicted octanol–water partition coefficient (Wildman–Crippen LogP) is 1.39. The maximum atomic E-state index is 11.9. The molecule has 0 aromatic carbocycles. The van der Waals surface area contributed by atoms with Gasteiger partial charge in [0.05, 0.1) is 12.3 Å². The number of carbonyl (C=O) groups is 1. The molecule has 0 fully saturated rings. The molecule has 0 spiro atoms. The van der Waals surface area contributed by atoms with Gasteiger partial charge in [-0.2, -0.15) is 0 Å². The number of aromatic amines is 1. The highest BCUT2D eigenvalue weighted by molar-refractivity contribution is 7.99. The molecular weight excluding hydrogens is 336 g/mol. The summed E-state index contributed by atoms with van der Waals surface area (Å²) in [5.74, 6) is 0.139. The molecule has 2 aromatic heterocycles. The van der Waals surface area contributed by atoms with E-state index in [4.69, 9.17) is 4.74 Å². The van der Waals surface area contributed by atoms with Crippen molar-refractivity contribution in [3.8, 4) is 0 Å². The topological polar surface area (TPSA) is 89.0 Å². The van der Waals surface area contributed by atoms with E-state index in [0.717, 1.165) is 4.88 Å². The Labute approximate surface area is 142 Å². The SMILES string of the molecule is COCCCn1c(SCC(=O)NCc2sccc2C)n[nH]c1=O. The van der Waals surface area contributed by atoms with Crippen LogP contribution in [0.3, 0.4) is 0 Å². The van der Waals surface area contributed by atoms with Crippen molar-refractivity contribution in [3.63, 3.8) is 0 Å². The highest BCUT2D eigenvalue weighted by Crippen LogP contribution is 2.16. The van der Waals surface area contributed by atoms with Crippen LogP contribution in [0.5, 0.6) is 0 Å². The van der Waals surface area contributed by atoms with E-state index in [1.54, 1.807) is 18.4 Å². The lowest BCUT2D eigenvalue weighted by molar-refractivity contribution is -0.118. The number of amides is 1. The minimum Gasteiger partial charge on any atom is -0.385 e. The van der Waals surface area contributed by atoms with E-state index >= 15 is 0 Å². The Hall–Kier alpha value is -1.58. The molecule has 126 valence electrons. The summed E-state index contributed by atoms with van der Waals surface area (Å²) in [6, 6.07) is 2.03. The van der Waals surface area contributed by atoms with Gasteiger partial charge in [-0.3, -0.25) is 9.36 Å². The van der Waals surface area contributed by atoms with Crippen LogP contribution in [0.2, 0.25) is 0 Å². The lowest BCUT2D eigenvalue weighted by Crippen LogP contribution is -2.25. The maximum absolute atomic E-state index is 11.9. The number of aryl methyl sites for hydroxylation is 1. The quantitative estimate of drug-likeness (QED) is 0.523. The molecule has 2 N–H and O–H groups in total. The van der Waals surface area contributed by atoms with Gasteiger partial charge < -0.3 is 10.1 Å². The fourth-order valence-corrected chi connectivity index (χ4v) is 3.57. The predicted molar refractivity (Wildman–Crippen MR) is 91.0 cm³/mol. The smallest absolute Gasteiger partial charge is 0.343 e. The third-order valence-electron chi connectivity index (χ3n) is 3.20. The molecule has 2 heterocycles. The van der Waals surface area contributed by atoms with E-state index in [1.165, 1.54) is 21.9 Å². The monoisotopic (exact) mass is 356 g/mol. The molecule has 0 aliphatic rings. The van der Waals surface area contributed by atoms with Gasteiger partial charge >= 0.3 is 5.69 Å². The highest BCUT2D eigenvalue weighted by atomic mass is 32.2. The third-order valence-corrected chi connectivity index (χ3v) is 5.20. The molecule has 2 rings (SSSR count). The van der Waals surface area contributed by atoms with Crippen LogP contribution in [0.15, 0.2) is 21.4 Å². The second-order valence-electron chi connectivity index (χ2n) is 4.90. The van der Waals surface area contributed by atoms with Crippen molar-refractivity contribution in [1.82, 2.24) is 20.1 Å². The highest BCUT2D eigenvalue weighted by Gasteiger charge is 2.11. The Kier molecular flexibility index (Phi) is 6.87. The number of ether oxygens (including phenoxy) is 1. The number of hydrogen-bond acceptors (Lipinski definition) is 6. The standard InChI is InChI=1S/C14H20N4O3S2/c1-10-4-7-22-11(10)8-15-12(19)9-23-14-17-16-13(20)18(14)5-3-6-21-2/h4,7H,3,5-6,8-9H2,1-2H3,(H,15,19)(H,16,20). The Bertz CT molecular complexity index is 692. The first kappa shape index (κ1) is 17.8. The summed E-state index contributed by atoms with van der Waals surface area (Å²) < 4.78 is 6.51. The van der Waals surface area contributed by atoms with E-state index < -0.39 is 0 Å². The van der Waals surface area contributed by atoms with Crippen LogP contribution >= 0.6 is 23.1 Å². The molecule has 0 aliphatic carbocycles. The third kappa shape index (κ3) is 5.22. The van der Waals surface area contributed by atoms with Gasteiger partial charge in [0.25, 0.3) is 0 Å². The molecule has 0 atom stereocenters. The number of hydrogen-bond donors (Lipinski definition) is 2. The van der Waals surface area contributed by atoms with Crippen molar-refractivity contribution in [2.24, 2.45) is 0 Å². The van der Waals surface area contributed by atoms with Crippen molar-refractivity contribution in [1.29, 1.82) is 0 Å². The summed E-state index contributed by atoms with van der Waals surface area (Å²) in [7, 11) is 1.62. The fourth-order valence-electron chi connectivity index (χ4n) is 1.92. The molecule has 0 unspecified atom stereocenters. The van der Waals surface area contributed by atoms with Gasteiger partial charge in [-0.25, -0.2) is 9.89 Å². The first-order valence-electron chi connectivity index (χ1n) is 7.18. The van der Waals surface area contributed by atoms with Crippen LogP contribution in [-0.2, 0) is 22.6 Å². The van der Waals surface area contributed by atoms with Gasteiger partial charge in [0.15, 0.2) is 5.16 Å². The number of rotatable bonds is 9. The van der Waals surface area contributed by atoms with Gasteiger partial charge in [0.2, 0.25) is 5.91 Å². The summed E-state index contributed by atoms with van der Waals surface area (Å²) in [6.07, 6.45) is 0.716. The van der Waals surface area contributed by atoms with Crippen LogP contribution in [0, 0.1) is 6.92 Å². The van der Waals surface area contributed by atoms with Crippen LogP contribution < -0.4 is 11.0 Å². The van der Waals surface area contributed by atoms with Crippen LogP contribution in [0.25, 0.3) is 0 Å². The lowest BCUT2D eigenvalue weighted by atomic mass is 10.3. The number of methoxy groups -OCH3 is 1. The average Bonchev–Trinajstić information content (AvgIpc) is 3.10. The number of thioether (sulfide) groups is 1. The zero-order valence-electron chi connectivity index (χ0n) is 13.1. The van der Waals surface area contributed by atoms with E-state index in [9.17, 15) is 9.59 Å². The van der Waals surface area contributed by atoms with Crippen molar-refractivity contribution < 1.29 is 9.53 Å². The normalized spacial score (nSPS) is 10.9.